The van der Waals surface area contributed by atoms with Crippen LogP contribution in [-0.2, 0) is 9.53 Å². The molecule has 6 heteroatoms. The smallest absolute Gasteiger partial charge is 0.338 e. The summed E-state index contributed by atoms with van der Waals surface area (Å²) in [7, 11) is 0. The Kier molecular flexibility index (Phi) is 6.17. The van der Waals surface area contributed by atoms with Crippen LogP contribution in [0.3, 0.4) is 0 Å². The van der Waals surface area contributed by atoms with E-state index < -0.39 is 11.9 Å². The van der Waals surface area contributed by atoms with Crippen molar-refractivity contribution in [3.8, 4) is 5.75 Å². The number of hydrogen-bond donors (Lipinski definition) is 1. The molecule has 0 aromatic heterocycles. The summed E-state index contributed by atoms with van der Waals surface area (Å²) in [4.78, 5) is 23.7. The maximum atomic E-state index is 11.9. The van der Waals surface area contributed by atoms with Crippen LogP contribution in [-0.4, -0.2) is 25.1 Å². The first-order valence-electron chi connectivity index (χ1n) is 7.04. The molecule has 0 unspecified atom stereocenters. The molecule has 0 bridgehead atoms. The van der Waals surface area contributed by atoms with Crippen LogP contribution in [0.5, 0.6) is 5.75 Å². The van der Waals surface area contributed by atoms with Crippen molar-refractivity contribution in [1.29, 1.82) is 0 Å². The fraction of sp³-hybridized carbons (Fsp3) is 0.176. The van der Waals surface area contributed by atoms with E-state index >= 15 is 0 Å². The van der Waals surface area contributed by atoms with Crippen LogP contribution in [0.2, 0.25) is 0 Å². The highest BCUT2D eigenvalue weighted by Crippen LogP contribution is 2.21. The minimum atomic E-state index is -0.560. The predicted octanol–water partition coefficient (Wildman–Crippen LogP) is 3.64. The predicted molar refractivity (Wildman–Crippen MR) is 90.7 cm³/mol. The van der Waals surface area contributed by atoms with Gasteiger partial charge in [-0.3, -0.25) is 4.79 Å². The maximum Gasteiger partial charge on any atom is 0.338 e. The molecule has 0 aliphatic rings. The number of rotatable bonds is 6. The van der Waals surface area contributed by atoms with Crippen molar-refractivity contribution < 1.29 is 19.1 Å². The summed E-state index contributed by atoms with van der Waals surface area (Å²) in [5, 5.41) is 2.66. The maximum absolute atomic E-state index is 11.9. The number of halogens is 1. The second-order valence-corrected chi connectivity index (χ2v) is 5.42. The Morgan fingerprint density at radius 3 is 2.43 bits per heavy atom. The van der Waals surface area contributed by atoms with Crippen molar-refractivity contribution in [2.45, 2.75) is 6.92 Å². The molecular formula is C17H16BrNO4. The minimum absolute atomic E-state index is 0.354. The molecule has 0 aliphatic heterocycles. The second-order valence-electron chi connectivity index (χ2n) is 4.56. The van der Waals surface area contributed by atoms with E-state index in [9.17, 15) is 9.59 Å². The number of carbonyl (C=O) groups is 2. The van der Waals surface area contributed by atoms with Crippen molar-refractivity contribution in [3.63, 3.8) is 0 Å². The molecule has 0 aliphatic carbocycles. The van der Waals surface area contributed by atoms with Gasteiger partial charge in [-0.25, -0.2) is 4.79 Å². The molecular weight excluding hydrogens is 362 g/mol. The van der Waals surface area contributed by atoms with Gasteiger partial charge in [0, 0.05) is 4.47 Å². The quantitative estimate of drug-likeness (QED) is 0.780. The van der Waals surface area contributed by atoms with Crippen LogP contribution in [0.25, 0.3) is 0 Å². The summed E-state index contributed by atoms with van der Waals surface area (Å²) in [6.45, 7) is 2.08. The van der Waals surface area contributed by atoms with Crippen molar-refractivity contribution in [1.82, 2.24) is 0 Å². The van der Waals surface area contributed by atoms with E-state index in [-0.39, 0.29) is 6.61 Å². The highest BCUT2D eigenvalue weighted by molar-refractivity contribution is 9.10. The lowest BCUT2D eigenvalue weighted by atomic mass is 10.2. The number of hydrogen-bond acceptors (Lipinski definition) is 4. The number of ether oxygens (including phenoxy) is 2. The van der Waals surface area contributed by atoms with E-state index in [0.717, 1.165) is 4.47 Å². The molecule has 0 atom stereocenters. The van der Waals surface area contributed by atoms with E-state index in [0.29, 0.717) is 23.6 Å². The van der Waals surface area contributed by atoms with Crippen LogP contribution in [0.15, 0.2) is 53.0 Å². The van der Waals surface area contributed by atoms with Gasteiger partial charge in [0.05, 0.1) is 17.9 Å². The van der Waals surface area contributed by atoms with Gasteiger partial charge in [0.1, 0.15) is 5.75 Å². The molecule has 0 heterocycles. The summed E-state index contributed by atoms with van der Waals surface area (Å²) in [6.07, 6.45) is 0. The summed E-state index contributed by atoms with van der Waals surface area (Å²) >= 11 is 3.33. The first kappa shape index (κ1) is 17.0. The van der Waals surface area contributed by atoms with Crippen LogP contribution in [0.4, 0.5) is 5.69 Å². The van der Waals surface area contributed by atoms with Crippen molar-refractivity contribution in [2.75, 3.05) is 18.5 Å². The zero-order chi connectivity index (χ0) is 16.7. The number of nitrogens with one attached hydrogen (secondary N) is 1. The van der Waals surface area contributed by atoms with E-state index in [1.54, 1.807) is 36.4 Å². The van der Waals surface area contributed by atoms with Gasteiger partial charge in [-0.05, 0) is 59.3 Å². The topological polar surface area (TPSA) is 64.6 Å². The van der Waals surface area contributed by atoms with Gasteiger partial charge in [-0.15, -0.1) is 0 Å². The summed E-state index contributed by atoms with van der Waals surface area (Å²) in [5.41, 5.74) is 0.983. The van der Waals surface area contributed by atoms with Crippen LogP contribution >= 0.6 is 15.9 Å². The third kappa shape index (κ3) is 5.10. The van der Waals surface area contributed by atoms with Gasteiger partial charge in [-0.1, -0.05) is 12.1 Å². The molecule has 120 valence electrons. The number of para-hydroxylation sites is 1. The normalized spacial score (nSPS) is 10.0. The molecule has 0 spiro atoms. The summed E-state index contributed by atoms with van der Waals surface area (Å²) < 4.78 is 11.0. The van der Waals surface area contributed by atoms with E-state index in [4.69, 9.17) is 9.47 Å². The van der Waals surface area contributed by atoms with E-state index in [2.05, 4.69) is 21.2 Å². The lowest BCUT2D eigenvalue weighted by Gasteiger charge is -2.08. The number of amides is 1. The highest BCUT2D eigenvalue weighted by atomic mass is 79.9. The third-order valence-electron chi connectivity index (χ3n) is 2.88. The largest absolute Gasteiger partial charge is 0.494 e. The molecule has 0 saturated heterocycles. The molecule has 2 aromatic rings. The lowest BCUT2D eigenvalue weighted by molar-refractivity contribution is -0.119. The Balaban J connectivity index is 1.86. The Hall–Kier alpha value is -2.34. The van der Waals surface area contributed by atoms with Gasteiger partial charge in [-0.2, -0.15) is 0 Å². The Labute approximate surface area is 142 Å². The van der Waals surface area contributed by atoms with Gasteiger partial charge >= 0.3 is 5.97 Å². The van der Waals surface area contributed by atoms with Crippen molar-refractivity contribution >= 4 is 33.5 Å². The standard InChI is InChI=1S/C17H16BrNO4/c1-2-22-13-9-7-12(8-10-13)17(21)23-11-16(20)19-15-6-4-3-5-14(15)18/h3-10H,2,11H2,1H3,(H,19,20). The molecule has 1 amide bonds. The first-order chi connectivity index (χ1) is 11.1. The Morgan fingerprint density at radius 1 is 1.09 bits per heavy atom. The molecule has 23 heavy (non-hydrogen) atoms. The molecule has 0 saturated carbocycles. The third-order valence-corrected chi connectivity index (χ3v) is 3.57. The van der Waals surface area contributed by atoms with Gasteiger partial charge < -0.3 is 14.8 Å². The number of benzene rings is 2. The molecule has 0 fully saturated rings. The fourth-order valence-electron chi connectivity index (χ4n) is 1.82. The molecule has 2 aromatic carbocycles. The minimum Gasteiger partial charge on any atom is -0.494 e. The molecule has 0 radical (unpaired) electrons. The fourth-order valence-corrected chi connectivity index (χ4v) is 2.20. The lowest BCUT2D eigenvalue weighted by Crippen LogP contribution is -2.21. The van der Waals surface area contributed by atoms with Crippen LogP contribution in [0, 0.1) is 0 Å². The molecule has 2 rings (SSSR count). The number of anilines is 1. The second kappa shape index (κ2) is 8.33. The van der Waals surface area contributed by atoms with Crippen molar-refractivity contribution in [3.05, 3.63) is 58.6 Å². The zero-order valence-electron chi connectivity index (χ0n) is 12.5. The van der Waals surface area contributed by atoms with Crippen LogP contribution in [0.1, 0.15) is 17.3 Å². The van der Waals surface area contributed by atoms with Crippen molar-refractivity contribution in [2.24, 2.45) is 0 Å². The van der Waals surface area contributed by atoms with Gasteiger partial charge in [0.2, 0.25) is 0 Å². The van der Waals surface area contributed by atoms with E-state index in [1.807, 2.05) is 19.1 Å². The number of esters is 1. The highest BCUT2D eigenvalue weighted by Gasteiger charge is 2.11. The van der Waals surface area contributed by atoms with Gasteiger partial charge in [0.15, 0.2) is 6.61 Å². The molecule has 1 N–H and O–H groups in total. The summed E-state index contributed by atoms with van der Waals surface area (Å²) in [5.74, 6) is -0.290. The number of carbonyl (C=O) groups excluding carboxylic acids is 2. The summed E-state index contributed by atoms with van der Waals surface area (Å²) in [6, 6.07) is 13.7. The average molecular weight is 378 g/mol. The first-order valence-corrected chi connectivity index (χ1v) is 7.84. The van der Waals surface area contributed by atoms with E-state index in [1.165, 1.54) is 0 Å². The Bertz CT molecular complexity index is 685. The van der Waals surface area contributed by atoms with Crippen LogP contribution < -0.4 is 10.1 Å². The van der Waals surface area contributed by atoms with Gasteiger partial charge in [0.25, 0.3) is 5.91 Å². The molecule has 5 nitrogen and oxygen atoms in total. The monoisotopic (exact) mass is 377 g/mol. The SMILES string of the molecule is CCOc1ccc(C(=O)OCC(=O)Nc2ccccc2Br)cc1. The zero-order valence-corrected chi connectivity index (χ0v) is 14.1. The Morgan fingerprint density at radius 2 is 1.78 bits per heavy atom. The average Bonchev–Trinajstić information content (AvgIpc) is 2.56.